The van der Waals surface area contributed by atoms with Crippen molar-refractivity contribution in [2.45, 2.75) is 19.9 Å². The van der Waals surface area contributed by atoms with Crippen molar-refractivity contribution >= 4 is 11.8 Å². The summed E-state index contributed by atoms with van der Waals surface area (Å²) in [6, 6.07) is 3.25. The molecule has 0 saturated carbocycles. The number of hydrogen-bond donors (Lipinski definition) is 3. The van der Waals surface area contributed by atoms with Gasteiger partial charge in [0.2, 0.25) is 0 Å². The van der Waals surface area contributed by atoms with Gasteiger partial charge in [0.1, 0.15) is 5.82 Å². The van der Waals surface area contributed by atoms with Gasteiger partial charge in [-0.15, -0.1) is 0 Å². The molecular formula is C12H16N4O. The number of carbonyl (C=O) groups is 1. The van der Waals surface area contributed by atoms with E-state index in [4.69, 9.17) is 5.73 Å². The van der Waals surface area contributed by atoms with Gasteiger partial charge in [-0.2, -0.15) is 0 Å². The molecule has 1 aromatic heterocycles. The first kappa shape index (κ1) is 13.0. The standard InChI is InChI=1S/C12H16N4O/c1-9(2)15-12(17)16-11-8-10(4-3-6-13)5-7-14-11/h5,7-9H,6,13H2,1-2H3,(H2,14,15,16,17). The third-order valence-corrected chi connectivity index (χ3v) is 1.76. The van der Waals surface area contributed by atoms with Gasteiger partial charge in [0.15, 0.2) is 0 Å². The molecule has 5 nitrogen and oxygen atoms in total. The van der Waals surface area contributed by atoms with Crippen LogP contribution in [0.1, 0.15) is 19.4 Å². The van der Waals surface area contributed by atoms with E-state index in [-0.39, 0.29) is 12.1 Å². The minimum Gasteiger partial charge on any atom is -0.336 e. The average molecular weight is 232 g/mol. The Morgan fingerprint density at radius 1 is 1.59 bits per heavy atom. The number of nitrogens with two attached hydrogens (primary N) is 1. The van der Waals surface area contributed by atoms with Crippen molar-refractivity contribution in [2.75, 3.05) is 11.9 Å². The zero-order valence-electron chi connectivity index (χ0n) is 9.95. The number of hydrogen-bond acceptors (Lipinski definition) is 3. The van der Waals surface area contributed by atoms with Crippen LogP contribution in [0.15, 0.2) is 18.3 Å². The summed E-state index contributed by atoms with van der Waals surface area (Å²) in [6.07, 6.45) is 1.59. The molecule has 0 aliphatic heterocycles. The van der Waals surface area contributed by atoms with E-state index in [1.54, 1.807) is 18.3 Å². The van der Waals surface area contributed by atoms with Crippen LogP contribution in [0, 0.1) is 11.8 Å². The maximum atomic E-state index is 11.4. The molecule has 0 saturated heterocycles. The number of nitrogens with one attached hydrogen (secondary N) is 2. The molecule has 0 unspecified atom stereocenters. The van der Waals surface area contributed by atoms with Crippen LogP contribution in [0.5, 0.6) is 0 Å². The largest absolute Gasteiger partial charge is 0.336 e. The molecule has 2 amide bonds. The lowest BCUT2D eigenvalue weighted by molar-refractivity contribution is 0.250. The Labute approximate surface area is 101 Å². The summed E-state index contributed by atoms with van der Waals surface area (Å²) in [5.74, 6) is 6.08. The second-order valence-corrected chi connectivity index (χ2v) is 3.69. The van der Waals surface area contributed by atoms with Gasteiger partial charge >= 0.3 is 6.03 Å². The van der Waals surface area contributed by atoms with Crippen molar-refractivity contribution in [1.29, 1.82) is 0 Å². The fraction of sp³-hybridized carbons (Fsp3) is 0.333. The summed E-state index contributed by atoms with van der Waals surface area (Å²) < 4.78 is 0. The lowest BCUT2D eigenvalue weighted by Crippen LogP contribution is -2.34. The predicted octanol–water partition coefficient (Wildman–Crippen LogP) is 0.922. The van der Waals surface area contributed by atoms with Gasteiger partial charge in [0.05, 0.1) is 6.54 Å². The molecule has 1 heterocycles. The van der Waals surface area contributed by atoms with Gasteiger partial charge in [0.25, 0.3) is 0 Å². The van der Waals surface area contributed by atoms with E-state index in [1.807, 2.05) is 13.8 Å². The highest BCUT2D eigenvalue weighted by molar-refractivity contribution is 5.88. The van der Waals surface area contributed by atoms with E-state index >= 15 is 0 Å². The highest BCUT2D eigenvalue weighted by Gasteiger charge is 2.03. The van der Waals surface area contributed by atoms with Crippen molar-refractivity contribution in [1.82, 2.24) is 10.3 Å². The van der Waals surface area contributed by atoms with Crippen molar-refractivity contribution in [3.05, 3.63) is 23.9 Å². The number of rotatable bonds is 2. The highest BCUT2D eigenvalue weighted by atomic mass is 16.2. The SMILES string of the molecule is CC(C)NC(=O)Nc1cc(C#CCN)ccn1. The third kappa shape index (κ3) is 5.00. The Morgan fingerprint density at radius 3 is 3.00 bits per heavy atom. The van der Waals surface area contributed by atoms with Crippen molar-refractivity contribution in [3.8, 4) is 11.8 Å². The molecule has 0 aliphatic rings. The summed E-state index contributed by atoms with van der Waals surface area (Å²) >= 11 is 0. The van der Waals surface area contributed by atoms with Crippen LogP contribution in [0.4, 0.5) is 10.6 Å². The van der Waals surface area contributed by atoms with Gasteiger partial charge in [-0.25, -0.2) is 9.78 Å². The molecular weight excluding hydrogens is 216 g/mol. The fourth-order valence-corrected chi connectivity index (χ4v) is 1.14. The lowest BCUT2D eigenvalue weighted by atomic mass is 10.2. The van der Waals surface area contributed by atoms with Crippen molar-refractivity contribution < 1.29 is 4.79 Å². The molecule has 5 heteroatoms. The van der Waals surface area contributed by atoms with Gasteiger partial charge in [0, 0.05) is 17.8 Å². The van der Waals surface area contributed by atoms with E-state index in [0.29, 0.717) is 12.4 Å². The summed E-state index contributed by atoms with van der Waals surface area (Å²) in [6.45, 7) is 4.07. The zero-order valence-corrected chi connectivity index (χ0v) is 9.95. The minimum absolute atomic E-state index is 0.0789. The van der Waals surface area contributed by atoms with Crippen LogP contribution >= 0.6 is 0 Å². The number of nitrogens with zero attached hydrogens (tertiary/aromatic N) is 1. The van der Waals surface area contributed by atoms with E-state index in [0.717, 1.165) is 5.56 Å². The normalized spacial score (nSPS) is 9.41. The predicted molar refractivity (Wildman–Crippen MR) is 67.5 cm³/mol. The molecule has 1 aromatic rings. The quantitative estimate of drug-likeness (QED) is 0.663. The molecule has 0 spiro atoms. The Morgan fingerprint density at radius 2 is 2.35 bits per heavy atom. The number of amides is 2. The summed E-state index contributed by atoms with van der Waals surface area (Å²) in [5.41, 5.74) is 6.05. The van der Waals surface area contributed by atoms with Gasteiger partial charge in [-0.1, -0.05) is 11.8 Å². The Hall–Kier alpha value is -2.06. The van der Waals surface area contributed by atoms with Crippen molar-refractivity contribution in [2.24, 2.45) is 5.73 Å². The number of carbonyl (C=O) groups excluding carboxylic acids is 1. The number of pyridine rings is 1. The molecule has 0 aliphatic carbocycles. The Balaban J connectivity index is 2.68. The first-order valence-electron chi connectivity index (χ1n) is 5.34. The molecule has 0 radical (unpaired) electrons. The topological polar surface area (TPSA) is 80.0 Å². The second-order valence-electron chi connectivity index (χ2n) is 3.69. The second kappa shape index (κ2) is 6.51. The number of urea groups is 1. The minimum atomic E-state index is -0.281. The Bertz CT molecular complexity index is 445. The molecule has 0 atom stereocenters. The van der Waals surface area contributed by atoms with Crippen LogP contribution in [0.3, 0.4) is 0 Å². The van der Waals surface area contributed by atoms with Crippen LogP contribution in [0.25, 0.3) is 0 Å². The zero-order chi connectivity index (χ0) is 12.7. The number of aromatic nitrogens is 1. The molecule has 17 heavy (non-hydrogen) atoms. The molecule has 0 bridgehead atoms. The first-order valence-corrected chi connectivity index (χ1v) is 5.34. The van der Waals surface area contributed by atoms with Crippen molar-refractivity contribution in [3.63, 3.8) is 0 Å². The van der Waals surface area contributed by atoms with Crippen LogP contribution < -0.4 is 16.4 Å². The average Bonchev–Trinajstić information content (AvgIpc) is 2.25. The molecule has 4 N–H and O–H groups in total. The molecule has 1 rings (SSSR count). The summed E-state index contributed by atoms with van der Waals surface area (Å²) in [4.78, 5) is 15.5. The first-order chi connectivity index (χ1) is 8.11. The number of anilines is 1. The molecule has 90 valence electrons. The smallest absolute Gasteiger partial charge is 0.320 e. The Kier molecular flexibility index (Phi) is 4.98. The van der Waals surface area contributed by atoms with Gasteiger partial charge in [-0.05, 0) is 26.0 Å². The van der Waals surface area contributed by atoms with Crippen LogP contribution in [0.2, 0.25) is 0 Å². The fourth-order valence-electron chi connectivity index (χ4n) is 1.14. The van der Waals surface area contributed by atoms with Gasteiger partial charge < -0.3 is 11.1 Å². The molecule has 0 fully saturated rings. The van der Waals surface area contributed by atoms with Crippen LogP contribution in [-0.4, -0.2) is 23.6 Å². The maximum Gasteiger partial charge on any atom is 0.320 e. The van der Waals surface area contributed by atoms with Crippen LogP contribution in [-0.2, 0) is 0 Å². The van der Waals surface area contributed by atoms with E-state index in [9.17, 15) is 4.79 Å². The highest BCUT2D eigenvalue weighted by Crippen LogP contribution is 2.05. The maximum absolute atomic E-state index is 11.4. The van der Waals surface area contributed by atoms with E-state index in [1.165, 1.54) is 0 Å². The van der Waals surface area contributed by atoms with E-state index < -0.39 is 0 Å². The monoisotopic (exact) mass is 232 g/mol. The third-order valence-electron chi connectivity index (χ3n) is 1.76. The van der Waals surface area contributed by atoms with E-state index in [2.05, 4.69) is 27.5 Å². The summed E-state index contributed by atoms with van der Waals surface area (Å²) in [7, 11) is 0. The summed E-state index contributed by atoms with van der Waals surface area (Å²) in [5, 5.41) is 5.34. The molecule has 0 aromatic carbocycles. The lowest BCUT2D eigenvalue weighted by Gasteiger charge is -2.09. The van der Waals surface area contributed by atoms with Gasteiger partial charge in [-0.3, -0.25) is 5.32 Å².